The third-order valence-corrected chi connectivity index (χ3v) is 3.90. The molecular weight excluding hydrogens is 295 g/mol. The lowest BCUT2D eigenvalue weighted by Gasteiger charge is -2.29. The van der Waals surface area contributed by atoms with Crippen LogP contribution in [-0.2, 0) is 14.9 Å². The number of ether oxygens (including phenoxy) is 1. The standard InChI is InChI=1S/C15H20ClFN2O2/c1-15(2,11-4-3-10(17)7-12(11)16)9-19-14(20)13-8-18-5-6-21-13/h3-4,7,13,18H,5-6,8-9H2,1-2H3,(H,19,20). The van der Waals surface area contributed by atoms with E-state index in [2.05, 4.69) is 10.6 Å². The van der Waals surface area contributed by atoms with Crippen molar-refractivity contribution in [2.75, 3.05) is 26.2 Å². The second-order valence-corrected chi connectivity index (χ2v) is 6.20. The summed E-state index contributed by atoms with van der Waals surface area (Å²) in [6, 6.07) is 4.32. The van der Waals surface area contributed by atoms with Crippen molar-refractivity contribution in [1.29, 1.82) is 0 Å². The van der Waals surface area contributed by atoms with Crippen LogP contribution in [0.1, 0.15) is 19.4 Å². The Labute approximate surface area is 129 Å². The Morgan fingerprint density at radius 3 is 2.95 bits per heavy atom. The Balaban J connectivity index is 1.98. The first-order valence-electron chi connectivity index (χ1n) is 6.96. The van der Waals surface area contributed by atoms with Crippen LogP contribution in [0.25, 0.3) is 0 Å². The first-order valence-corrected chi connectivity index (χ1v) is 7.33. The highest BCUT2D eigenvalue weighted by atomic mass is 35.5. The smallest absolute Gasteiger partial charge is 0.250 e. The van der Waals surface area contributed by atoms with Crippen molar-refractivity contribution in [2.45, 2.75) is 25.4 Å². The average Bonchev–Trinajstić information content (AvgIpc) is 2.45. The van der Waals surface area contributed by atoms with Crippen molar-refractivity contribution in [1.82, 2.24) is 10.6 Å². The van der Waals surface area contributed by atoms with Gasteiger partial charge in [-0.25, -0.2) is 4.39 Å². The second kappa shape index (κ2) is 6.73. The van der Waals surface area contributed by atoms with Gasteiger partial charge in [0.2, 0.25) is 5.91 Å². The monoisotopic (exact) mass is 314 g/mol. The van der Waals surface area contributed by atoms with Gasteiger partial charge in [-0.15, -0.1) is 0 Å². The number of carbonyl (C=O) groups is 1. The van der Waals surface area contributed by atoms with E-state index in [0.717, 1.165) is 12.1 Å². The molecular formula is C15H20ClFN2O2. The summed E-state index contributed by atoms with van der Waals surface area (Å²) in [4.78, 5) is 12.0. The third kappa shape index (κ3) is 4.15. The predicted molar refractivity (Wildman–Crippen MR) is 80.1 cm³/mol. The van der Waals surface area contributed by atoms with Crippen molar-refractivity contribution in [3.05, 3.63) is 34.6 Å². The molecule has 4 nitrogen and oxygen atoms in total. The molecule has 1 heterocycles. The minimum atomic E-state index is -0.460. The van der Waals surface area contributed by atoms with E-state index in [9.17, 15) is 9.18 Å². The molecule has 0 spiro atoms. The molecule has 0 bridgehead atoms. The van der Waals surface area contributed by atoms with Crippen molar-refractivity contribution < 1.29 is 13.9 Å². The zero-order valence-corrected chi connectivity index (χ0v) is 13.0. The molecule has 0 aliphatic carbocycles. The molecule has 0 radical (unpaired) electrons. The molecule has 2 rings (SSSR count). The maximum absolute atomic E-state index is 13.1. The molecule has 1 atom stereocenters. The molecule has 1 aromatic rings. The fraction of sp³-hybridized carbons (Fsp3) is 0.533. The Morgan fingerprint density at radius 1 is 1.57 bits per heavy atom. The summed E-state index contributed by atoms with van der Waals surface area (Å²) in [5.74, 6) is -0.515. The first-order chi connectivity index (χ1) is 9.90. The number of benzene rings is 1. The van der Waals surface area contributed by atoms with Gasteiger partial charge in [-0.1, -0.05) is 31.5 Å². The van der Waals surface area contributed by atoms with Crippen LogP contribution in [0.2, 0.25) is 5.02 Å². The molecule has 0 aromatic heterocycles. The summed E-state index contributed by atoms with van der Waals surface area (Å²) in [5, 5.41) is 6.35. The Hall–Kier alpha value is -1.17. The summed E-state index contributed by atoms with van der Waals surface area (Å²) in [5.41, 5.74) is 0.399. The molecule has 21 heavy (non-hydrogen) atoms. The minimum absolute atomic E-state index is 0.145. The Kier molecular flexibility index (Phi) is 5.19. The van der Waals surface area contributed by atoms with Crippen LogP contribution >= 0.6 is 11.6 Å². The topological polar surface area (TPSA) is 50.4 Å². The van der Waals surface area contributed by atoms with E-state index in [0.29, 0.717) is 24.7 Å². The summed E-state index contributed by atoms with van der Waals surface area (Å²) in [6.45, 7) is 6.12. The number of hydrogen-bond donors (Lipinski definition) is 2. The molecule has 1 unspecified atom stereocenters. The SMILES string of the molecule is CC(C)(CNC(=O)C1CNCCO1)c1ccc(F)cc1Cl. The van der Waals surface area contributed by atoms with Gasteiger partial charge in [-0.3, -0.25) is 4.79 Å². The van der Waals surface area contributed by atoms with Crippen molar-refractivity contribution >= 4 is 17.5 Å². The van der Waals surface area contributed by atoms with E-state index in [1.807, 2.05) is 13.8 Å². The summed E-state index contributed by atoms with van der Waals surface area (Å²) < 4.78 is 18.5. The number of halogens is 2. The van der Waals surface area contributed by atoms with Gasteiger partial charge in [0.25, 0.3) is 0 Å². The normalized spacial score (nSPS) is 19.3. The lowest BCUT2D eigenvalue weighted by molar-refractivity contribution is -0.134. The fourth-order valence-corrected chi connectivity index (χ4v) is 2.71. The van der Waals surface area contributed by atoms with Crippen LogP contribution < -0.4 is 10.6 Å². The van der Waals surface area contributed by atoms with E-state index in [4.69, 9.17) is 16.3 Å². The second-order valence-electron chi connectivity index (χ2n) is 5.79. The number of carbonyl (C=O) groups excluding carboxylic acids is 1. The van der Waals surface area contributed by atoms with E-state index in [-0.39, 0.29) is 11.7 Å². The number of nitrogens with one attached hydrogen (secondary N) is 2. The lowest BCUT2D eigenvalue weighted by Crippen LogP contribution is -2.50. The van der Waals surface area contributed by atoms with Gasteiger partial charge in [0.05, 0.1) is 6.61 Å². The number of hydrogen-bond acceptors (Lipinski definition) is 3. The zero-order chi connectivity index (χ0) is 15.5. The maximum Gasteiger partial charge on any atom is 0.250 e. The van der Waals surface area contributed by atoms with Crippen LogP contribution in [0.15, 0.2) is 18.2 Å². The molecule has 1 saturated heterocycles. The van der Waals surface area contributed by atoms with E-state index < -0.39 is 11.5 Å². The number of rotatable bonds is 4. The molecule has 6 heteroatoms. The molecule has 1 amide bonds. The van der Waals surface area contributed by atoms with Crippen LogP contribution in [-0.4, -0.2) is 38.3 Å². The van der Waals surface area contributed by atoms with Gasteiger partial charge in [-0.2, -0.15) is 0 Å². The van der Waals surface area contributed by atoms with Crippen molar-refractivity contribution in [3.63, 3.8) is 0 Å². The molecule has 1 fully saturated rings. The predicted octanol–water partition coefficient (Wildman–Crippen LogP) is 1.86. The summed E-state index contributed by atoms with van der Waals surface area (Å²) in [6.07, 6.45) is -0.460. The lowest BCUT2D eigenvalue weighted by atomic mass is 9.84. The molecule has 1 aromatic carbocycles. The molecule has 1 aliphatic rings. The maximum atomic E-state index is 13.1. The van der Waals surface area contributed by atoms with Crippen LogP contribution in [0, 0.1) is 5.82 Å². The summed E-state index contributed by atoms with van der Waals surface area (Å²) in [7, 11) is 0. The van der Waals surface area contributed by atoms with Gasteiger partial charge in [0.15, 0.2) is 0 Å². The largest absolute Gasteiger partial charge is 0.366 e. The van der Waals surface area contributed by atoms with Crippen LogP contribution in [0.5, 0.6) is 0 Å². The highest BCUT2D eigenvalue weighted by Crippen LogP contribution is 2.29. The fourth-order valence-electron chi connectivity index (χ4n) is 2.29. The molecule has 116 valence electrons. The van der Waals surface area contributed by atoms with Crippen molar-refractivity contribution in [2.24, 2.45) is 0 Å². The Bertz CT molecular complexity index is 516. The highest BCUT2D eigenvalue weighted by molar-refractivity contribution is 6.31. The molecule has 1 aliphatic heterocycles. The van der Waals surface area contributed by atoms with Gasteiger partial charge in [-0.05, 0) is 17.7 Å². The summed E-state index contributed by atoms with van der Waals surface area (Å²) >= 11 is 6.09. The van der Waals surface area contributed by atoms with Gasteiger partial charge in [0.1, 0.15) is 11.9 Å². The van der Waals surface area contributed by atoms with Crippen LogP contribution in [0.4, 0.5) is 4.39 Å². The highest BCUT2D eigenvalue weighted by Gasteiger charge is 2.27. The number of morpholine rings is 1. The average molecular weight is 315 g/mol. The van der Waals surface area contributed by atoms with Gasteiger partial charge in [0, 0.05) is 30.1 Å². The third-order valence-electron chi connectivity index (χ3n) is 3.58. The minimum Gasteiger partial charge on any atom is -0.366 e. The zero-order valence-electron chi connectivity index (χ0n) is 12.2. The molecule has 2 N–H and O–H groups in total. The van der Waals surface area contributed by atoms with Crippen molar-refractivity contribution in [3.8, 4) is 0 Å². The van der Waals surface area contributed by atoms with E-state index >= 15 is 0 Å². The Morgan fingerprint density at radius 2 is 2.33 bits per heavy atom. The first kappa shape index (κ1) is 16.2. The molecule has 0 saturated carbocycles. The van der Waals surface area contributed by atoms with E-state index in [1.165, 1.54) is 12.1 Å². The van der Waals surface area contributed by atoms with Crippen LogP contribution in [0.3, 0.4) is 0 Å². The quantitative estimate of drug-likeness (QED) is 0.892. The van der Waals surface area contributed by atoms with Gasteiger partial charge >= 0.3 is 0 Å². The number of amides is 1. The van der Waals surface area contributed by atoms with E-state index in [1.54, 1.807) is 6.07 Å². The van der Waals surface area contributed by atoms with Gasteiger partial charge < -0.3 is 15.4 Å².